The van der Waals surface area contributed by atoms with Crippen molar-refractivity contribution in [2.24, 2.45) is 10.3 Å². The molecule has 2 aromatic rings. The van der Waals surface area contributed by atoms with Crippen LogP contribution in [0.15, 0.2) is 118 Å². The maximum Gasteiger partial charge on any atom is 0.325 e. The number of nitriles is 2. The van der Waals surface area contributed by atoms with Crippen molar-refractivity contribution in [2.75, 3.05) is 12.5 Å². The van der Waals surface area contributed by atoms with Gasteiger partial charge in [0.15, 0.2) is 0 Å². The third kappa shape index (κ3) is 10.1. The maximum atomic E-state index is 10.9. The van der Waals surface area contributed by atoms with Crippen LogP contribution in [0.3, 0.4) is 0 Å². The van der Waals surface area contributed by atoms with E-state index in [0.29, 0.717) is 26.8 Å². The van der Waals surface area contributed by atoms with Crippen LogP contribution in [0, 0.1) is 22.7 Å². The average Bonchev–Trinajstić information content (AvgIpc) is 3.42. The number of thioether (sulfide) groups is 1. The fourth-order valence-corrected chi connectivity index (χ4v) is 4.50. The Labute approximate surface area is 242 Å². The molecule has 2 aromatic carbocycles. The van der Waals surface area contributed by atoms with Gasteiger partial charge in [-0.1, -0.05) is 94.9 Å². The molecule has 0 atom stereocenters. The lowest BCUT2D eigenvalue weighted by Crippen LogP contribution is -2.01. The SMILES string of the molecule is CS(=O)(=O)ON=C1C=CC(=C(C#N)c2ccccc2)C=C1.CS(=O)(=O)ON=C1C=CC(=C(C#N)c2ccccc2)S1. The Morgan fingerprint density at radius 3 is 1.66 bits per heavy atom. The van der Waals surface area contributed by atoms with E-state index in [1.54, 1.807) is 36.5 Å². The molecular formula is C28H22N4O6S3. The summed E-state index contributed by atoms with van der Waals surface area (Å²) in [7, 11) is -7.24. The minimum atomic E-state index is -3.62. The molecule has 0 bridgehead atoms. The van der Waals surface area contributed by atoms with Crippen molar-refractivity contribution < 1.29 is 25.4 Å². The van der Waals surface area contributed by atoms with Crippen LogP contribution in [0.5, 0.6) is 0 Å². The number of allylic oxidation sites excluding steroid dienone is 8. The van der Waals surface area contributed by atoms with E-state index in [1.165, 1.54) is 11.8 Å². The lowest BCUT2D eigenvalue weighted by Gasteiger charge is -2.06. The highest BCUT2D eigenvalue weighted by Gasteiger charge is 2.16. The second kappa shape index (κ2) is 14.1. The van der Waals surface area contributed by atoms with Crippen LogP contribution in [0.1, 0.15) is 11.1 Å². The van der Waals surface area contributed by atoms with Gasteiger partial charge in [0.2, 0.25) is 0 Å². The van der Waals surface area contributed by atoms with Crippen molar-refractivity contribution in [1.82, 2.24) is 0 Å². The van der Waals surface area contributed by atoms with Crippen molar-refractivity contribution in [2.45, 2.75) is 0 Å². The van der Waals surface area contributed by atoms with Gasteiger partial charge in [-0.2, -0.15) is 27.4 Å². The Hall–Kier alpha value is -4.69. The zero-order valence-corrected chi connectivity index (χ0v) is 24.2. The molecule has 0 spiro atoms. The first-order valence-electron chi connectivity index (χ1n) is 11.5. The molecule has 1 aliphatic heterocycles. The second-order valence-electron chi connectivity index (χ2n) is 8.13. The molecule has 0 aromatic heterocycles. The van der Waals surface area contributed by atoms with Crippen LogP contribution in [-0.2, 0) is 28.8 Å². The molecule has 10 nitrogen and oxygen atoms in total. The first-order chi connectivity index (χ1) is 19.5. The molecule has 208 valence electrons. The van der Waals surface area contributed by atoms with Gasteiger partial charge in [0.1, 0.15) is 22.9 Å². The Morgan fingerprint density at radius 1 is 0.683 bits per heavy atom. The zero-order chi connectivity index (χ0) is 29.9. The normalized spacial score (nSPS) is 16.2. The Kier molecular flexibility index (Phi) is 10.6. The van der Waals surface area contributed by atoms with Crippen molar-refractivity contribution in [3.8, 4) is 12.1 Å². The first-order valence-corrected chi connectivity index (χ1v) is 16.0. The van der Waals surface area contributed by atoms with Crippen LogP contribution in [0.25, 0.3) is 11.1 Å². The lowest BCUT2D eigenvalue weighted by atomic mass is 9.97. The molecule has 1 aliphatic carbocycles. The van der Waals surface area contributed by atoms with Gasteiger partial charge in [-0.15, -0.1) is 0 Å². The molecule has 0 saturated carbocycles. The maximum absolute atomic E-state index is 10.9. The fraction of sp³-hybridized carbons (Fsp3) is 0.0714. The van der Waals surface area contributed by atoms with Crippen LogP contribution in [0.2, 0.25) is 0 Å². The van der Waals surface area contributed by atoms with E-state index in [1.807, 2.05) is 60.7 Å². The van der Waals surface area contributed by atoms with Gasteiger partial charge in [0, 0.05) is 4.91 Å². The highest BCUT2D eigenvalue weighted by Crippen LogP contribution is 2.33. The van der Waals surface area contributed by atoms with Crippen molar-refractivity contribution in [3.05, 3.63) is 119 Å². The standard InChI is InChI=1S/C15H12N2O3S.C13H10N2O3S2/c1-21(18,19)20-17-14-9-7-13(8-10-14)15(11-16)12-5-3-2-4-6-12;1-20(16,17)18-15-13-8-7-12(19-13)11(9-14)10-5-3-2-4-6-10/h2-10H,1H3;2-8H,1H3. The van der Waals surface area contributed by atoms with E-state index in [4.69, 9.17) is 0 Å². The van der Waals surface area contributed by atoms with E-state index < -0.39 is 20.2 Å². The van der Waals surface area contributed by atoms with Gasteiger partial charge in [0.05, 0.1) is 23.7 Å². The Bertz CT molecular complexity index is 1790. The molecular weight excluding hydrogens is 585 g/mol. The zero-order valence-electron chi connectivity index (χ0n) is 21.7. The highest BCUT2D eigenvalue weighted by atomic mass is 32.2. The first kappa shape index (κ1) is 30.8. The topological polar surface area (TPSA) is 159 Å². The summed E-state index contributed by atoms with van der Waals surface area (Å²) < 4.78 is 52.1. The van der Waals surface area contributed by atoms with Gasteiger partial charge in [-0.3, -0.25) is 8.57 Å². The highest BCUT2D eigenvalue weighted by molar-refractivity contribution is 8.18. The summed E-state index contributed by atoms with van der Waals surface area (Å²) in [5.41, 5.74) is 3.74. The predicted octanol–water partition coefficient (Wildman–Crippen LogP) is 4.94. The summed E-state index contributed by atoms with van der Waals surface area (Å²) >= 11 is 1.19. The summed E-state index contributed by atoms with van der Waals surface area (Å²) in [6, 6.07) is 22.8. The number of hydrogen-bond acceptors (Lipinski definition) is 11. The van der Waals surface area contributed by atoms with Crippen LogP contribution in [-0.4, -0.2) is 40.1 Å². The lowest BCUT2D eigenvalue weighted by molar-refractivity contribution is 0.343. The van der Waals surface area contributed by atoms with Crippen LogP contribution >= 0.6 is 11.8 Å². The molecule has 4 rings (SSSR count). The largest absolute Gasteiger partial charge is 0.325 e. The molecule has 0 unspecified atom stereocenters. The average molecular weight is 607 g/mol. The van der Waals surface area contributed by atoms with E-state index in [-0.39, 0.29) is 0 Å². The molecule has 13 heteroatoms. The quantitative estimate of drug-likeness (QED) is 0.328. The van der Waals surface area contributed by atoms with Gasteiger partial charge in [-0.25, -0.2) is 0 Å². The molecule has 2 aliphatic rings. The third-order valence-electron chi connectivity index (χ3n) is 4.88. The van der Waals surface area contributed by atoms with Gasteiger partial charge in [-0.05, 0) is 41.0 Å². The number of oxime groups is 2. The van der Waals surface area contributed by atoms with Crippen LogP contribution < -0.4 is 0 Å². The molecule has 0 amide bonds. The summed E-state index contributed by atoms with van der Waals surface area (Å²) in [5, 5.41) is 26.0. The van der Waals surface area contributed by atoms with E-state index in [0.717, 1.165) is 29.2 Å². The second-order valence-corrected chi connectivity index (χ2v) is 12.3. The number of nitrogens with zero attached hydrogens (tertiary/aromatic N) is 4. The number of benzene rings is 2. The summed E-state index contributed by atoms with van der Waals surface area (Å²) in [5.74, 6) is 0. The smallest absolute Gasteiger partial charge is 0.268 e. The van der Waals surface area contributed by atoms with Gasteiger partial charge >= 0.3 is 20.2 Å². The summed E-state index contributed by atoms with van der Waals surface area (Å²) in [6.45, 7) is 0. The van der Waals surface area contributed by atoms with E-state index in [2.05, 4.69) is 31.0 Å². The monoisotopic (exact) mass is 606 g/mol. The molecule has 0 N–H and O–H groups in total. The van der Waals surface area contributed by atoms with E-state index in [9.17, 15) is 27.4 Å². The Morgan fingerprint density at radius 2 is 1.17 bits per heavy atom. The van der Waals surface area contributed by atoms with Crippen molar-refractivity contribution >= 4 is 53.9 Å². The molecule has 0 saturated heterocycles. The van der Waals surface area contributed by atoms with Gasteiger partial charge < -0.3 is 0 Å². The van der Waals surface area contributed by atoms with E-state index >= 15 is 0 Å². The number of rotatable bonds is 6. The minimum Gasteiger partial charge on any atom is -0.268 e. The number of hydrogen-bond donors (Lipinski definition) is 0. The molecule has 0 fully saturated rings. The van der Waals surface area contributed by atoms with Crippen molar-refractivity contribution in [1.29, 1.82) is 10.5 Å². The third-order valence-corrected chi connectivity index (χ3v) is 6.55. The molecule has 41 heavy (non-hydrogen) atoms. The molecule has 0 radical (unpaired) electrons. The Balaban J connectivity index is 0.000000226. The van der Waals surface area contributed by atoms with Crippen molar-refractivity contribution in [3.63, 3.8) is 0 Å². The van der Waals surface area contributed by atoms with Gasteiger partial charge in [0.25, 0.3) is 0 Å². The van der Waals surface area contributed by atoms with Crippen LogP contribution in [0.4, 0.5) is 0 Å². The predicted molar refractivity (Wildman–Crippen MR) is 160 cm³/mol. The molecule has 1 heterocycles. The summed E-state index contributed by atoms with van der Waals surface area (Å²) in [6.07, 6.45) is 11.7. The minimum absolute atomic E-state index is 0.356. The fourth-order valence-electron chi connectivity index (χ4n) is 3.18. The summed E-state index contributed by atoms with van der Waals surface area (Å²) in [4.78, 5) is 0.703.